The van der Waals surface area contributed by atoms with Gasteiger partial charge in [0.15, 0.2) is 6.29 Å². The molecule has 1 aliphatic carbocycles. The number of rotatable bonds is 6. The van der Waals surface area contributed by atoms with Gasteiger partial charge in [0.1, 0.15) is 5.75 Å². The summed E-state index contributed by atoms with van der Waals surface area (Å²) in [5.74, 6) is 0.852. The summed E-state index contributed by atoms with van der Waals surface area (Å²) in [7, 11) is 0. The number of benzene rings is 1. The van der Waals surface area contributed by atoms with Crippen LogP contribution in [-0.4, -0.2) is 12.9 Å². The maximum atomic E-state index is 5.66. The molecule has 0 bridgehead atoms. The minimum absolute atomic E-state index is 0.202. The molecule has 1 aliphatic rings. The molecule has 2 rings (SSSR count). The highest BCUT2D eigenvalue weighted by atomic mass is 16.7. The van der Waals surface area contributed by atoms with Crippen molar-refractivity contribution in [3.63, 3.8) is 0 Å². The Hall–Kier alpha value is -1.54. The molecule has 0 amide bonds. The zero-order valence-corrected chi connectivity index (χ0v) is 10.8. The molecule has 0 heterocycles. The highest BCUT2D eigenvalue weighted by molar-refractivity contribution is 5.21. The van der Waals surface area contributed by atoms with Crippen LogP contribution in [0, 0.1) is 0 Å². The van der Waals surface area contributed by atoms with Crippen LogP contribution in [0.3, 0.4) is 0 Å². The molecule has 2 nitrogen and oxygen atoms in total. The van der Waals surface area contributed by atoms with E-state index in [0.717, 1.165) is 25.0 Å². The lowest BCUT2D eigenvalue weighted by atomic mass is 10.0. The first-order valence-electron chi connectivity index (χ1n) is 6.52. The third-order valence-electron chi connectivity index (χ3n) is 2.92. The smallest absolute Gasteiger partial charge is 0.196 e. The molecule has 1 atom stereocenters. The van der Waals surface area contributed by atoms with Crippen LogP contribution in [0.1, 0.15) is 26.2 Å². The van der Waals surface area contributed by atoms with Crippen molar-refractivity contribution >= 4 is 0 Å². The number of hydrogen-bond donors (Lipinski definition) is 0. The average Bonchev–Trinajstić information content (AvgIpc) is 2.41. The van der Waals surface area contributed by atoms with Crippen molar-refractivity contribution in [2.75, 3.05) is 6.61 Å². The van der Waals surface area contributed by atoms with Gasteiger partial charge in [0, 0.05) is 0 Å². The highest BCUT2D eigenvalue weighted by Crippen LogP contribution is 2.16. The van der Waals surface area contributed by atoms with Crippen molar-refractivity contribution in [3.05, 3.63) is 54.1 Å². The van der Waals surface area contributed by atoms with Crippen molar-refractivity contribution in [2.45, 2.75) is 32.5 Å². The zero-order valence-electron chi connectivity index (χ0n) is 10.8. The number of hydrogen-bond acceptors (Lipinski definition) is 2. The second kappa shape index (κ2) is 7.02. The SMILES string of the molecule is CC(OCCC1=CC=CCC1)Oc1ccccc1. The van der Waals surface area contributed by atoms with Gasteiger partial charge in [-0.1, -0.05) is 42.0 Å². The van der Waals surface area contributed by atoms with E-state index in [0.29, 0.717) is 6.61 Å². The second-order valence-corrected chi connectivity index (χ2v) is 4.41. The largest absolute Gasteiger partial charge is 0.465 e. The molecule has 0 fully saturated rings. The summed E-state index contributed by atoms with van der Waals surface area (Å²) < 4.78 is 11.3. The van der Waals surface area contributed by atoms with E-state index in [1.54, 1.807) is 0 Å². The molecule has 0 saturated heterocycles. The van der Waals surface area contributed by atoms with Crippen molar-refractivity contribution in [3.8, 4) is 5.75 Å². The van der Waals surface area contributed by atoms with E-state index in [4.69, 9.17) is 9.47 Å². The Bertz CT molecular complexity index is 406. The molecule has 96 valence electrons. The lowest BCUT2D eigenvalue weighted by molar-refractivity contribution is -0.0655. The van der Waals surface area contributed by atoms with Crippen molar-refractivity contribution in [1.29, 1.82) is 0 Å². The van der Waals surface area contributed by atoms with Crippen LogP contribution in [0.5, 0.6) is 5.75 Å². The van der Waals surface area contributed by atoms with E-state index < -0.39 is 0 Å². The zero-order chi connectivity index (χ0) is 12.6. The molecule has 1 aromatic rings. The van der Waals surface area contributed by atoms with Crippen LogP contribution in [0.2, 0.25) is 0 Å². The summed E-state index contributed by atoms with van der Waals surface area (Å²) in [4.78, 5) is 0. The molecule has 2 heteroatoms. The molecule has 0 saturated carbocycles. The Labute approximate surface area is 109 Å². The first-order chi connectivity index (χ1) is 8.84. The Balaban J connectivity index is 1.67. The highest BCUT2D eigenvalue weighted by Gasteiger charge is 2.05. The predicted octanol–water partition coefficient (Wildman–Crippen LogP) is 4.09. The molecule has 1 aromatic carbocycles. The van der Waals surface area contributed by atoms with Crippen LogP contribution in [0.4, 0.5) is 0 Å². The minimum Gasteiger partial charge on any atom is -0.465 e. The molecule has 0 aromatic heterocycles. The topological polar surface area (TPSA) is 18.5 Å². The summed E-state index contributed by atoms with van der Waals surface area (Å²) in [5.41, 5.74) is 1.46. The fourth-order valence-corrected chi connectivity index (χ4v) is 1.94. The molecule has 0 aliphatic heterocycles. The van der Waals surface area contributed by atoms with Gasteiger partial charge >= 0.3 is 0 Å². The molecular weight excluding hydrogens is 224 g/mol. The molecule has 18 heavy (non-hydrogen) atoms. The third-order valence-corrected chi connectivity index (χ3v) is 2.92. The van der Waals surface area contributed by atoms with Gasteiger partial charge < -0.3 is 9.47 Å². The number of allylic oxidation sites excluding steroid dienone is 3. The quantitative estimate of drug-likeness (QED) is 0.701. The van der Waals surface area contributed by atoms with Crippen LogP contribution in [0.25, 0.3) is 0 Å². The van der Waals surface area contributed by atoms with Crippen molar-refractivity contribution in [1.82, 2.24) is 0 Å². The van der Waals surface area contributed by atoms with E-state index in [1.807, 2.05) is 37.3 Å². The van der Waals surface area contributed by atoms with E-state index in [-0.39, 0.29) is 6.29 Å². The molecule has 0 N–H and O–H groups in total. The van der Waals surface area contributed by atoms with E-state index in [2.05, 4.69) is 18.2 Å². The Morgan fingerprint density at radius 3 is 2.78 bits per heavy atom. The molecule has 0 spiro atoms. The minimum atomic E-state index is -0.202. The van der Waals surface area contributed by atoms with Crippen molar-refractivity contribution < 1.29 is 9.47 Å². The Morgan fingerprint density at radius 2 is 2.06 bits per heavy atom. The molecular formula is C16H20O2. The van der Waals surface area contributed by atoms with Gasteiger partial charge in [0.05, 0.1) is 6.61 Å². The summed E-state index contributed by atoms with van der Waals surface area (Å²) in [5, 5.41) is 0. The summed E-state index contributed by atoms with van der Waals surface area (Å²) in [6, 6.07) is 9.77. The standard InChI is InChI=1S/C16H20O2/c1-14(18-16-10-6-3-7-11-16)17-13-12-15-8-4-2-5-9-15/h2-4,6-8,10-11,14H,5,9,12-13H2,1H3. The lowest BCUT2D eigenvalue weighted by Crippen LogP contribution is -2.17. The average molecular weight is 244 g/mol. The summed E-state index contributed by atoms with van der Waals surface area (Å²) in [6.45, 7) is 2.65. The molecule has 0 radical (unpaired) electrons. The van der Waals surface area contributed by atoms with Crippen LogP contribution in [0.15, 0.2) is 54.1 Å². The van der Waals surface area contributed by atoms with Crippen molar-refractivity contribution in [2.24, 2.45) is 0 Å². The Morgan fingerprint density at radius 1 is 1.22 bits per heavy atom. The maximum absolute atomic E-state index is 5.66. The van der Waals surface area contributed by atoms with Gasteiger partial charge in [-0.3, -0.25) is 0 Å². The van der Waals surface area contributed by atoms with E-state index in [9.17, 15) is 0 Å². The van der Waals surface area contributed by atoms with Crippen LogP contribution in [-0.2, 0) is 4.74 Å². The van der Waals surface area contributed by atoms with Gasteiger partial charge in [-0.2, -0.15) is 0 Å². The summed E-state index contributed by atoms with van der Waals surface area (Å²) in [6.07, 6.45) is 9.62. The fraction of sp³-hybridized carbons (Fsp3) is 0.375. The van der Waals surface area contributed by atoms with E-state index >= 15 is 0 Å². The first kappa shape index (κ1) is 12.9. The lowest BCUT2D eigenvalue weighted by Gasteiger charge is -2.16. The maximum Gasteiger partial charge on any atom is 0.196 e. The van der Waals surface area contributed by atoms with Crippen LogP contribution < -0.4 is 4.74 Å². The first-order valence-corrected chi connectivity index (χ1v) is 6.52. The Kier molecular flexibility index (Phi) is 5.03. The molecule has 1 unspecified atom stereocenters. The summed E-state index contributed by atoms with van der Waals surface area (Å²) >= 11 is 0. The van der Waals surface area contributed by atoms with Gasteiger partial charge in [0.2, 0.25) is 0 Å². The van der Waals surface area contributed by atoms with Crippen LogP contribution >= 0.6 is 0 Å². The van der Waals surface area contributed by atoms with E-state index in [1.165, 1.54) is 5.57 Å². The van der Waals surface area contributed by atoms with Gasteiger partial charge in [-0.05, 0) is 38.3 Å². The number of para-hydroxylation sites is 1. The monoisotopic (exact) mass is 244 g/mol. The van der Waals surface area contributed by atoms with Gasteiger partial charge in [-0.25, -0.2) is 0 Å². The fourth-order valence-electron chi connectivity index (χ4n) is 1.94. The van der Waals surface area contributed by atoms with Gasteiger partial charge in [-0.15, -0.1) is 0 Å². The van der Waals surface area contributed by atoms with Gasteiger partial charge in [0.25, 0.3) is 0 Å². The third kappa shape index (κ3) is 4.38. The normalized spacial score (nSPS) is 16.2. The second-order valence-electron chi connectivity index (χ2n) is 4.41. The number of ether oxygens (including phenoxy) is 2. The predicted molar refractivity (Wildman–Crippen MR) is 73.6 cm³/mol.